The van der Waals surface area contributed by atoms with Gasteiger partial charge in [0.05, 0.1) is 10.5 Å². The van der Waals surface area contributed by atoms with Gasteiger partial charge in [-0.15, -0.1) is 0 Å². The summed E-state index contributed by atoms with van der Waals surface area (Å²) in [6.07, 6.45) is -7.32. The number of halogens is 3. The molecule has 21 heavy (non-hydrogen) atoms. The van der Waals surface area contributed by atoms with Gasteiger partial charge in [0, 0.05) is 6.07 Å². The summed E-state index contributed by atoms with van der Waals surface area (Å²) in [5, 5.41) is 20.0. The number of hydrogen-bond donors (Lipinski definition) is 1. The quantitative estimate of drug-likeness (QED) is 0.691. The van der Waals surface area contributed by atoms with Crippen LogP contribution in [0.25, 0.3) is 11.1 Å². The molecule has 2 rings (SSSR count). The van der Waals surface area contributed by atoms with Crippen LogP contribution in [0, 0.1) is 10.1 Å². The molecule has 0 aromatic heterocycles. The minimum absolute atomic E-state index is 0.137. The molecule has 0 spiro atoms. The Morgan fingerprint density at radius 3 is 2.14 bits per heavy atom. The second-order valence-corrected chi connectivity index (χ2v) is 4.34. The Labute approximate surface area is 117 Å². The van der Waals surface area contributed by atoms with Gasteiger partial charge in [-0.3, -0.25) is 10.1 Å². The highest BCUT2D eigenvalue weighted by Crippen LogP contribution is 2.34. The zero-order valence-corrected chi connectivity index (χ0v) is 10.5. The summed E-state index contributed by atoms with van der Waals surface area (Å²) in [6.45, 7) is 0. The van der Waals surface area contributed by atoms with Crippen molar-refractivity contribution in [3.05, 3.63) is 64.2 Å². The van der Waals surface area contributed by atoms with Crippen molar-refractivity contribution in [2.45, 2.75) is 12.3 Å². The average Bonchev–Trinajstić information content (AvgIpc) is 2.45. The molecule has 0 fully saturated rings. The molecule has 1 atom stereocenters. The smallest absolute Gasteiger partial charge is 0.379 e. The SMILES string of the molecule is O=[N+]([O-])c1ccccc1-c1ccc(C(O)C(F)(F)F)cc1. The largest absolute Gasteiger partial charge is 0.418 e. The van der Waals surface area contributed by atoms with Gasteiger partial charge >= 0.3 is 6.18 Å². The van der Waals surface area contributed by atoms with Gasteiger partial charge in [0.2, 0.25) is 0 Å². The van der Waals surface area contributed by atoms with Gasteiger partial charge in [-0.05, 0) is 17.2 Å². The Hall–Kier alpha value is -2.41. The summed E-state index contributed by atoms with van der Waals surface area (Å²) in [7, 11) is 0. The molecule has 0 saturated carbocycles. The van der Waals surface area contributed by atoms with Crippen molar-refractivity contribution in [1.82, 2.24) is 0 Å². The van der Waals surface area contributed by atoms with Crippen LogP contribution in [0.3, 0.4) is 0 Å². The maximum absolute atomic E-state index is 12.4. The number of aliphatic hydroxyl groups is 1. The van der Waals surface area contributed by atoms with E-state index in [1.807, 2.05) is 0 Å². The highest BCUT2D eigenvalue weighted by atomic mass is 19.4. The normalized spacial score (nSPS) is 13.0. The maximum Gasteiger partial charge on any atom is 0.418 e. The molecule has 2 aromatic rings. The van der Waals surface area contributed by atoms with Gasteiger partial charge in [-0.25, -0.2) is 0 Å². The lowest BCUT2D eigenvalue weighted by molar-refractivity contribution is -0.384. The van der Waals surface area contributed by atoms with E-state index in [-0.39, 0.29) is 11.3 Å². The van der Waals surface area contributed by atoms with Crippen LogP contribution in [0.2, 0.25) is 0 Å². The fourth-order valence-electron chi connectivity index (χ4n) is 1.91. The van der Waals surface area contributed by atoms with Crippen LogP contribution in [0.4, 0.5) is 18.9 Å². The molecule has 0 radical (unpaired) electrons. The molecule has 110 valence electrons. The summed E-state index contributed by atoms with van der Waals surface area (Å²) in [6, 6.07) is 10.7. The molecule has 0 aliphatic heterocycles. The number of nitrogens with zero attached hydrogens (tertiary/aromatic N) is 1. The van der Waals surface area contributed by atoms with Crippen molar-refractivity contribution in [2.24, 2.45) is 0 Å². The van der Waals surface area contributed by atoms with Crippen LogP contribution < -0.4 is 0 Å². The maximum atomic E-state index is 12.4. The number of alkyl halides is 3. The minimum atomic E-state index is -4.75. The van der Waals surface area contributed by atoms with E-state index in [2.05, 4.69) is 0 Å². The van der Waals surface area contributed by atoms with Crippen molar-refractivity contribution >= 4 is 5.69 Å². The van der Waals surface area contributed by atoms with Gasteiger partial charge in [0.25, 0.3) is 5.69 Å². The molecule has 4 nitrogen and oxygen atoms in total. The standard InChI is InChI=1S/C14H10F3NO3/c15-14(16,17)13(19)10-7-5-9(6-8-10)11-3-1-2-4-12(11)18(20)21/h1-8,13,19H. The minimum Gasteiger partial charge on any atom is -0.379 e. The predicted molar refractivity (Wildman–Crippen MR) is 69.5 cm³/mol. The second-order valence-electron chi connectivity index (χ2n) is 4.34. The first-order chi connectivity index (χ1) is 9.80. The monoisotopic (exact) mass is 297 g/mol. The first-order valence-corrected chi connectivity index (χ1v) is 5.89. The van der Waals surface area contributed by atoms with E-state index in [4.69, 9.17) is 5.11 Å². The third kappa shape index (κ3) is 3.19. The number of para-hydroxylation sites is 1. The molecular weight excluding hydrogens is 287 g/mol. The number of rotatable bonds is 3. The molecule has 2 aromatic carbocycles. The van der Waals surface area contributed by atoms with Gasteiger partial charge in [-0.1, -0.05) is 36.4 Å². The Morgan fingerprint density at radius 1 is 1.05 bits per heavy atom. The number of nitro groups is 1. The van der Waals surface area contributed by atoms with Crippen molar-refractivity contribution in [2.75, 3.05) is 0 Å². The molecule has 0 heterocycles. The average molecular weight is 297 g/mol. The lowest BCUT2D eigenvalue weighted by Gasteiger charge is -2.15. The molecule has 0 saturated heterocycles. The summed E-state index contributed by atoms with van der Waals surface area (Å²) in [5.41, 5.74) is 0.252. The first kappa shape index (κ1) is 15.0. The van der Waals surface area contributed by atoms with Crippen LogP contribution in [0.5, 0.6) is 0 Å². The lowest BCUT2D eigenvalue weighted by atomic mass is 10.0. The summed E-state index contributed by atoms with van der Waals surface area (Å²) in [4.78, 5) is 10.4. The van der Waals surface area contributed by atoms with Crippen LogP contribution in [0.1, 0.15) is 11.7 Å². The Bertz CT molecular complexity index is 653. The fraction of sp³-hybridized carbons (Fsp3) is 0.143. The van der Waals surface area contributed by atoms with Gasteiger partial charge in [0.15, 0.2) is 6.10 Å². The predicted octanol–water partition coefficient (Wildman–Crippen LogP) is 3.86. The molecule has 0 aliphatic carbocycles. The van der Waals surface area contributed by atoms with Crippen LogP contribution >= 0.6 is 0 Å². The van der Waals surface area contributed by atoms with Crippen molar-refractivity contribution in [1.29, 1.82) is 0 Å². The molecule has 0 aliphatic rings. The Morgan fingerprint density at radius 2 is 1.62 bits per heavy atom. The van der Waals surface area contributed by atoms with Gasteiger partial charge in [0.1, 0.15) is 0 Å². The van der Waals surface area contributed by atoms with E-state index in [9.17, 15) is 23.3 Å². The van der Waals surface area contributed by atoms with Crippen LogP contribution in [-0.2, 0) is 0 Å². The van der Waals surface area contributed by atoms with E-state index in [1.54, 1.807) is 6.07 Å². The second kappa shape index (κ2) is 5.53. The van der Waals surface area contributed by atoms with E-state index in [1.165, 1.54) is 30.3 Å². The Balaban J connectivity index is 2.39. The number of nitro benzene ring substituents is 1. The Kier molecular flexibility index (Phi) is 3.95. The van der Waals surface area contributed by atoms with E-state index in [0.29, 0.717) is 11.1 Å². The summed E-state index contributed by atoms with van der Waals surface area (Å²) in [5.74, 6) is 0. The van der Waals surface area contributed by atoms with Gasteiger partial charge in [-0.2, -0.15) is 13.2 Å². The third-order valence-electron chi connectivity index (χ3n) is 2.95. The molecular formula is C14H10F3NO3. The number of aliphatic hydroxyl groups excluding tert-OH is 1. The van der Waals surface area contributed by atoms with E-state index < -0.39 is 17.2 Å². The zero-order chi connectivity index (χ0) is 15.6. The topological polar surface area (TPSA) is 63.4 Å². The zero-order valence-electron chi connectivity index (χ0n) is 10.5. The van der Waals surface area contributed by atoms with Crippen molar-refractivity contribution in [3.8, 4) is 11.1 Å². The summed E-state index contributed by atoms with van der Waals surface area (Å²) < 4.78 is 37.2. The van der Waals surface area contributed by atoms with Crippen molar-refractivity contribution in [3.63, 3.8) is 0 Å². The fourth-order valence-corrected chi connectivity index (χ4v) is 1.91. The van der Waals surface area contributed by atoms with Crippen LogP contribution in [0.15, 0.2) is 48.5 Å². The molecule has 1 N–H and O–H groups in total. The molecule has 1 unspecified atom stereocenters. The first-order valence-electron chi connectivity index (χ1n) is 5.89. The number of benzene rings is 2. The van der Waals surface area contributed by atoms with Crippen molar-refractivity contribution < 1.29 is 23.2 Å². The van der Waals surface area contributed by atoms with E-state index in [0.717, 1.165) is 12.1 Å². The van der Waals surface area contributed by atoms with Gasteiger partial charge < -0.3 is 5.11 Å². The lowest BCUT2D eigenvalue weighted by Crippen LogP contribution is -2.19. The molecule has 0 amide bonds. The number of hydrogen-bond acceptors (Lipinski definition) is 3. The molecule has 7 heteroatoms. The third-order valence-corrected chi connectivity index (χ3v) is 2.95. The highest BCUT2D eigenvalue weighted by molar-refractivity contribution is 5.73. The molecule has 0 bridgehead atoms. The highest BCUT2D eigenvalue weighted by Gasteiger charge is 2.39. The van der Waals surface area contributed by atoms with Crippen LogP contribution in [-0.4, -0.2) is 16.2 Å². The van der Waals surface area contributed by atoms with E-state index >= 15 is 0 Å². The summed E-state index contributed by atoms with van der Waals surface area (Å²) >= 11 is 0.